The van der Waals surface area contributed by atoms with Gasteiger partial charge in [-0.25, -0.2) is 0 Å². The number of hydrogen-bond donors (Lipinski definition) is 0. The summed E-state index contributed by atoms with van der Waals surface area (Å²) in [5.74, 6) is 0. The Balaban J connectivity index is 2.56. The Kier molecular flexibility index (Phi) is 3.91. The molecule has 0 saturated heterocycles. The maximum absolute atomic E-state index is 3.13. The molecule has 1 heteroatoms. The predicted molar refractivity (Wildman–Crippen MR) is 56.6 cm³/mol. The molecule has 0 unspecified atom stereocenters. The van der Waals surface area contributed by atoms with Crippen LogP contribution in [0.1, 0.15) is 25.3 Å². The summed E-state index contributed by atoms with van der Waals surface area (Å²) in [4.78, 5) is 0. The minimum absolute atomic E-state index is 1.20. The van der Waals surface area contributed by atoms with Crippen LogP contribution >= 0.6 is 22.6 Å². The van der Waals surface area contributed by atoms with Crippen molar-refractivity contribution in [2.24, 2.45) is 0 Å². The molecule has 1 rings (SSSR count). The molecule has 11 heavy (non-hydrogen) atoms. The Bertz CT molecular complexity index is 218. The van der Waals surface area contributed by atoms with Gasteiger partial charge in [0.05, 0.1) is 0 Å². The largest absolute Gasteiger partial charge is 0.0654 e. The van der Waals surface area contributed by atoms with E-state index in [9.17, 15) is 0 Å². The van der Waals surface area contributed by atoms with E-state index in [0.29, 0.717) is 0 Å². The molecule has 0 aliphatic carbocycles. The fourth-order valence-corrected chi connectivity index (χ4v) is 1.59. The Morgan fingerprint density at radius 2 is 2.27 bits per heavy atom. The van der Waals surface area contributed by atoms with E-state index in [-0.39, 0.29) is 0 Å². The van der Waals surface area contributed by atoms with Gasteiger partial charge >= 0.3 is 0 Å². The van der Waals surface area contributed by atoms with E-state index in [1.54, 1.807) is 0 Å². The summed E-state index contributed by atoms with van der Waals surface area (Å²) < 4.78 is 1.29. The van der Waals surface area contributed by atoms with Crippen LogP contribution in [0, 0.1) is 9.64 Å². The molecule has 0 fully saturated rings. The van der Waals surface area contributed by atoms with Crippen LogP contribution in [-0.4, -0.2) is 0 Å². The average molecular weight is 259 g/mol. The molecule has 0 saturated carbocycles. The van der Waals surface area contributed by atoms with Gasteiger partial charge in [-0.2, -0.15) is 0 Å². The second kappa shape index (κ2) is 4.75. The van der Waals surface area contributed by atoms with E-state index in [1.165, 1.54) is 28.4 Å². The summed E-state index contributed by atoms with van der Waals surface area (Å²) in [6, 6.07) is 9.45. The van der Waals surface area contributed by atoms with Crippen LogP contribution in [0.25, 0.3) is 0 Å². The van der Waals surface area contributed by atoms with Crippen LogP contribution in [0.4, 0.5) is 0 Å². The molecular weight excluding hydrogens is 247 g/mol. The highest BCUT2D eigenvalue weighted by atomic mass is 127. The van der Waals surface area contributed by atoms with Crippen molar-refractivity contribution < 1.29 is 0 Å². The lowest BCUT2D eigenvalue weighted by Crippen LogP contribution is -1.84. The smallest absolute Gasteiger partial charge is 0.0139 e. The van der Waals surface area contributed by atoms with Gasteiger partial charge in [0.1, 0.15) is 0 Å². The Labute approximate surface area is 82.2 Å². The van der Waals surface area contributed by atoms with E-state index >= 15 is 0 Å². The van der Waals surface area contributed by atoms with Crippen LogP contribution < -0.4 is 0 Å². The monoisotopic (exact) mass is 259 g/mol. The molecule has 0 atom stereocenters. The molecule has 0 aliphatic rings. The van der Waals surface area contributed by atoms with E-state index in [0.717, 1.165) is 0 Å². The minimum atomic E-state index is 1.20. The summed E-state index contributed by atoms with van der Waals surface area (Å²) in [6.07, 6.45) is 3.75. The number of halogens is 1. The Hall–Kier alpha value is -0.0500. The highest BCUT2D eigenvalue weighted by Gasteiger charge is 1.92. The van der Waals surface area contributed by atoms with Crippen LogP contribution in [0.3, 0.4) is 0 Å². The summed E-state index contributed by atoms with van der Waals surface area (Å²) in [5.41, 5.74) is 1.42. The summed E-state index contributed by atoms with van der Waals surface area (Å²) in [7, 11) is 0. The van der Waals surface area contributed by atoms with Crippen LogP contribution in [0.5, 0.6) is 0 Å². The van der Waals surface area contributed by atoms with E-state index in [2.05, 4.69) is 47.7 Å². The van der Waals surface area contributed by atoms with Crippen LogP contribution in [-0.2, 0) is 6.42 Å². The molecule has 1 aromatic rings. The number of rotatable bonds is 3. The van der Waals surface area contributed by atoms with Gasteiger partial charge in [-0.15, -0.1) is 0 Å². The first-order valence-corrected chi connectivity index (χ1v) is 5.06. The first-order valence-electron chi connectivity index (χ1n) is 3.98. The van der Waals surface area contributed by atoms with Crippen molar-refractivity contribution in [1.82, 2.24) is 0 Å². The van der Waals surface area contributed by atoms with Crippen molar-refractivity contribution in [3.63, 3.8) is 0 Å². The topological polar surface area (TPSA) is 0 Å². The maximum atomic E-state index is 3.13. The third kappa shape index (κ3) is 3.23. The lowest BCUT2D eigenvalue weighted by atomic mass is 10.1. The number of aryl methyl sites for hydroxylation is 1. The third-order valence-corrected chi connectivity index (χ3v) is 2.26. The molecule has 0 spiro atoms. The van der Waals surface area contributed by atoms with Gasteiger partial charge in [0.2, 0.25) is 0 Å². The quantitative estimate of drug-likeness (QED) is 0.729. The molecule has 1 aromatic carbocycles. The molecule has 59 valence electrons. The van der Waals surface area contributed by atoms with Crippen molar-refractivity contribution in [1.29, 1.82) is 0 Å². The average Bonchev–Trinajstić information content (AvgIpc) is 2.01. The van der Waals surface area contributed by atoms with Crippen LogP contribution in [0.15, 0.2) is 18.2 Å². The maximum Gasteiger partial charge on any atom is 0.0139 e. The fraction of sp³-hybridized carbons (Fsp3) is 0.400. The standard InChI is InChI=1S/C10H12I/c1-2-3-5-9-6-4-7-10(11)8-9/h6-8H,2-3,5H2,1H3. The molecule has 0 aromatic heterocycles. The van der Waals surface area contributed by atoms with Crippen molar-refractivity contribution in [2.75, 3.05) is 0 Å². The molecule has 0 N–H and O–H groups in total. The zero-order valence-corrected chi connectivity index (χ0v) is 8.89. The molecule has 0 heterocycles. The first kappa shape index (κ1) is 9.04. The van der Waals surface area contributed by atoms with Gasteiger partial charge in [0, 0.05) is 3.57 Å². The van der Waals surface area contributed by atoms with Gasteiger partial charge in [-0.3, -0.25) is 0 Å². The lowest BCUT2D eigenvalue weighted by molar-refractivity contribution is 0.794. The highest BCUT2D eigenvalue weighted by molar-refractivity contribution is 14.1. The molecule has 0 nitrogen and oxygen atoms in total. The Morgan fingerprint density at radius 1 is 1.45 bits per heavy atom. The lowest BCUT2D eigenvalue weighted by Gasteiger charge is -1.98. The van der Waals surface area contributed by atoms with Gasteiger partial charge < -0.3 is 0 Å². The van der Waals surface area contributed by atoms with Crippen LogP contribution in [0.2, 0.25) is 0 Å². The number of unbranched alkanes of at least 4 members (excludes halogenated alkanes) is 1. The predicted octanol–water partition coefficient (Wildman–Crippen LogP) is 3.43. The van der Waals surface area contributed by atoms with Crippen molar-refractivity contribution >= 4 is 22.6 Å². The van der Waals surface area contributed by atoms with E-state index < -0.39 is 0 Å². The summed E-state index contributed by atoms with van der Waals surface area (Å²) >= 11 is 2.33. The van der Waals surface area contributed by atoms with Crippen molar-refractivity contribution in [3.05, 3.63) is 33.4 Å². The molecular formula is C10H12I. The first-order chi connectivity index (χ1) is 5.33. The zero-order chi connectivity index (χ0) is 8.10. The summed E-state index contributed by atoms with van der Waals surface area (Å²) in [5, 5.41) is 0. The van der Waals surface area contributed by atoms with Gasteiger partial charge in [0.15, 0.2) is 0 Å². The number of benzene rings is 1. The zero-order valence-electron chi connectivity index (χ0n) is 6.73. The second-order valence-corrected chi connectivity index (χ2v) is 3.91. The molecule has 0 aliphatic heterocycles. The summed E-state index contributed by atoms with van der Waals surface area (Å²) in [6.45, 7) is 2.22. The van der Waals surface area contributed by atoms with E-state index in [1.807, 2.05) is 6.07 Å². The SMILES string of the molecule is CCCCc1c[c]cc(I)c1. The fourth-order valence-electron chi connectivity index (χ4n) is 1.01. The number of hydrogen-bond acceptors (Lipinski definition) is 0. The van der Waals surface area contributed by atoms with Gasteiger partial charge in [0.25, 0.3) is 0 Å². The third-order valence-electron chi connectivity index (χ3n) is 1.63. The molecule has 0 bridgehead atoms. The van der Waals surface area contributed by atoms with Gasteiger partial charge in [-0.05, 0) is 59.2 Å². The minimum Gasteiger partial charge on any atom is -0.0654 e. The second-order valence-electron chi connectivity index (χ2n) is 2.66. The van der Waals surface area contributed by atoms with Crippen molar-refractivity contribution in [2.45, 2.75) is 26.2 Å². The highest BCUT2D eigenvalue weighted by Crippen LogP contribution is 2.09. The molecule has 1 radical (unpaired) electrons. The van der Waals surface area contributed by atoms with Gasteiger partial charge in [-0.1, -0.05) is 19.4 Å². The van der Waals surface area contributed by atoms with Crippen molar-refractivity contribution in [3.8, 4) is 0 Å². The van der Waals surface area contributed by atoms with E-state index in [4.69, 9.17) is 0 Å². The molecule has 0 amide bonds. The normalized spacial score (nSPS) is 10.0. The Morgan fingerprint density at radius 3 is 2.91 bits per heavy atom.